The molecule has 2 aromatic rings. The van der Waals surface area contributed by atoms with Crippen molar-refractivity contribution in [1.29, 1.82) is 0 Å². The van der Waals surface area contributed by atoms with E-state index in [4.69, 9.17) is 34.8 Å². The molecule has 104 valence electrons. The van der Waals surface area contributed by atoms with Crippen molar-refractivity contribution in [2.75, 3.05) is 5.32 Å². The summed E-state index contributed by atoms with van der Waals surface area (Å²) in [6.45, 7) is 0. The highest BCUT2D eigenvalue weighted by Gasteiger charge is 2.15. The van der Waals surface area contributed by atoms with Gasteiger partial charge >= 0.3 is 0 Å². The van der Waals surface area contributed by atoms with Crippen molar-refractivity contribution in [3.8, 4) is 0 Å². The second-order valence-corrected chi connectivity index (χ2v) is 6.88. The molecule has 0 saturated heterocycles. The van der Waals surface area contributed by atoms with Crippen molar-refractivity contribution in [3.05, 3.63) is 59.9 Å². The first-order valence-corrected chi connectivity index (χ1v) is 8.01. The summed E-state index contributed by atoms with van der Waals surface area (Å²) in [6, 6.07) is 8.29. The molecule has 0 saturated carbocycles. The standard InChI is InChI=1S/C13H6Br2Cl3NO/c14-6-1-2-9(16)8(3-6)13(20)19-12-10(17)4-7(15)5-11(12)18/h1-5H,(H,19,20). The molecular weight excluding hydrogens is 452 g/mol. The highest BCUT2D eigenvalue weighted by atomic mass is 79.9. The lowest BCUT2D eigenvalue weighted by Gasteiger charge is -2.11. The number of hydrogen-bond donors (Lipinski definition) is 1. The first-order valence-electron chi connectivity index (χ1n) is 5.29. The van der Waals surface area contributed by atoms with Gasteiger partial charge in [-0.25, -0.2) is 0 Å². The summed E-state index contributed by atoms with van der Waals surface area (Å²) in [7, 11) is 0. The van der Waals surface area contributed by atoms with E-state index in [0.717, 1.165) is 8.95 Å². The van der Waals surface area contributed by atoms with Crippen LogP contribution in [0.15, 0.2) is 39.3 Å². The molecule has 0 unspecified atom stereocenters. The largest absolute Gasteiger partial charge is 0.319 e. The summed E-state index contributed by atoms with van der Waals surface area (Å²) in [5, 5.41) is 3.68. The Morgan fingerprint density at radius 3 is 2.10 bits per heavy atom. The van der Waals surface area contributed by atoms with E-state index in [9.17, 15) is 4.79 Å². The molecule has 0 heterocycles. The number of carbonyl (C=O) groups is 1. The molecule has 0 bridgehead atoms. The average Bonchev–Trinajstić information content (AvgIpc) is 2.36. The van der Waals surface area contributed by atoms with Crippen LogP contribution in [0.1, 0.15) is 10.4 Å². The summed E-state index contributed by atoms with van der Waals surface area (Å²) in [4.78, 5) is 12.2. The monoisotopic (exact) mass is 455 g/mol. The smallest absolute Gasteiger partial charge is 0.257 e. The molecule has 0 spiro atoms. The molecule has 20 heavy (non-hydrogen) atoms. The third-order valence-electron chi connectivity index (χ3n) is 2.42. The Bertz CT molecular complexity index is 668. The van der Waals surface area contributed by atoms with Crippen molar-refractivity contribution in [1.82, 2.24) is 0 Å². The van der Waals surface area contributed by atoms with Gasteiger partial charge in [0.05, 0.1) is 26.3 Å². The molecule has 1 amide bonds. The molecule has 2 rings (SSSR count). The van der Waals surface area contributed by atoms with Crippen LogP contribution in [0.5, 0.6) is 0 Å². The van der Waals surface area contributed by atoms with E-state index in [1.54, 1.807) is 30.3 Å². The number of rotatable bonds is 2. The van der Waals surface area contributed by atoms with Crippen molar-refractivity contribution >= 4 is 78.3 Å². The molecule has 0 fully saturated rings. The zero-order valence-corrected chi connectivity index (χ0v) is 15.1. The summed E-state index contributed by atoms with van der Waals surface area (Å²) >= 11 is 24.7. The fourth-order valence-corrected chi connectivity index (χ4v) is 3.38. The summed E-state index contributed by atoms with van der Waals surface area (Å²) in [6.07, 6.45) is 0. The molecule has 1 N–H and O–H groups in total. The Labute approximate surface area is 147 Å². The number of hydrogen-bond acceptors (Lipinski definition) is 1. The van der Waals surface area contributed by atoms with Crippen molar-refractivity contribution < 1.29 is 4.79 Å². The van der Waals surface area contributed by atoms with Crippen LogP contribution in [0.3, 0.4) is 0 Å². The number of benzene rings is 2. The quantitative estimate of drug-likeness (QED) is 0.553. The molecule has 0 aromatic heterocycles. The van der Waals surface area contributed by atoms with Gasteiger partial charge in [0.25, 0.3) is 5.91 Å². The molecule has 7 heteroatoms. The predicted molar refractivity (Wildman–Crippen MR) is 91.3 cm³/mol. The highest BCUT2D eigenvalue weighted by molar-refractivity contribution is 9.10. The second-order valence-electron chi connectivity index (χ2n) is 3.82. The Balaban J connectivity index is 2.35. The van der Waals surface area contributed by atoms with E-state index >= 15 is 0 Å². The van der Waals surface area contributed by atoms with E-state index < -0.39 is 0 Å². The summed E-state index contributed by atoms with van der Waals surface area (Å²) < 4.78 is 1.48. The lowest BCUT2D eigenvalue weighted by molar-refractivity contribution is 0.102. The van der Waals surface area contributed by atoms with Gasteiger partial charge in [-0.2, -0.15) is 0 Å². The SMILES string of the molecule is O=C(Nc1c(Cl)cc(Br)cc1Cl)c1cc(Br)ccc1Cl. The first-order chi connectivity index (χ1) is 9.38. The fraction of sp³-hybridized carbons (Fsp3) is 0. The molecule has 0 aliphatic heterocycles. The van der Waals surface area contributed by atoms with Crippen LogP contribution in [0.4, 0.5) is 5.69 Å². The summed E-state index contributed by atoms with van der Waals surface area (Å²) in [5.74, 6) is -0.387. The van der Waals surface area contributed by atoms with Gasteiger partial charge in [0.15, 0.2) is 0 Å². The van der Waals surface area contributed by atoms with E-state index in [1.807, 2.05) is 0 Å². The second kappa shape index (κ2) is 6.67. The third-order valence-corrected chi connectivity index (χ3v) is 4.30. The van der Waals surface area contributed by atoms with Crippen LogP contribution < -0.4 is 5.32 Å². The molecule has 0 atom stereocenters. The van der Waals surface area contributed by atoms with Gasteiger partial charge in [0.2, 0.25) is 0 Å². The van der Waals surface area contributed by atoms with E-state index in [1.165, 1.54) is 0 Å². The molecule has 0 aliphatic rings. The number of nitrogens with one attached hydrogen (secondary N) is 1. The minimum Gasteiger partial charge on any atom is -0.319 e. The fourth-order valence-electron chi connectivity index (χ4n) is 1.51. The number of carbonyl (C=O) groups excluding carboxylic acids is 1. The minimum absolute atomic E-state index is 0.330. The van der Waals surface area contributed by atoms with Crippen LogP contribution in [-0.4, -0.2) is 5.91 Å². The van der Waals surface area contributed by atoms with Crippen LogP contribution >= 0.6 is 66.7 Å². The maximum Gasteiger partial charge on any atom is 0.257 e. The highest BCUT2D eigenvalue weighted by Crippen LogP contribution is 2.34. The van der Waals surface area contributed by atoms with Crippen molar-refractivity contribution in [2.24, 2.45) is 0 Å². The molecule has 2 nitrogen and oxygen atoms in total. The number of amides is 1. The van der Waals surface area contributed by atoms with Gasteiger partial charge in [-0.15, -0.1) is 0 Å². The molecule has 0 aliphatic carbocycles. The maximum atomic E-state index is 12.2. The van der Waals surface area contributed by atoms with Gasteiger partial charge in [-0.05, 0) is 30.3 Å². The minimum atomic E-state index is -0.387. The normalized spacial score (nSPS) is 10.4. The van der Waals surface area contributed by atoms with Crippen molar-refractivity contribution in [2.45, 2.75) is 0 Å². The molecule has 2 aromatic carbocycles. The number of anilines is 1. The van der Waals surface area contributed by atoms with E-state index in [-0.39, 0.29) is 5.91 Å². The van der Waals surface area contributed by atoms with Crippen LogP contribution in [-0.2, 0) is 0 Å². The van der Waals surface area contributed by atoms with Gasteiger partial charge < -0.3 is 5.32 Å². The third kappa shape index (κ3) is 3.68. The lowest BCUT2D eigenvalue weighted by atomic mass is 10.2. The van der Waals surface area contributed by atoms with Gasteiger partial charge in [0, 0.05) is 8.95 Å². The van der Waals surface area contributed by atoms with Crippen LogP contribution in [0, 0.1) is 0 Å². The lowest BCUT2D eigenvalue weighted by Crippen LogP contribution is -2.13. The van der Waals surface area contributed by atoms with Gasteiger partial charge in [-0.1, -0.05) is 66.7 Å². The zero-order chi connectivity index (χ0) is 14.9. The zero-order valence-electron chi connectivity index (χ0n) is 9.68. The summed E-state index contributed by atoms with van der Waals surface area (Å²) in [5.41, 5.74) is 0.675. The van der Waals surface area contributed by atoms with Crippen molar-refractivity contribution in [3.63, 3.8) is 0 Å². The Morgan fingerprint density at radius 2 is 1.50 bits per heavy atom. The first kappa shape index (κ1) is 16.1. The Kier molecular flexibility index (Phi) is 5.37. The molecular formula is C13H6Br2Cl3NO. The number of halogens is 5. The average molecular weight is 458 g/mol. The Hall–Kier alpha value is -0.260. The predicted octanol–water partition coefficient (Wildman–Crippen LogP) is 6.42. The maximum absolute atomic E-state index is 12.2. The topological polar surface area (TPSA) is 29.1 Å². The van der Waals surface area contributed by atoms with E-state index in [2.05, 4.69) is 37.2 Å². The molecule has 0 radical (unpaired) electrons. The van der Waals surface area contributed by atoms with Crippen LogP contribution in [0.25, 0.3) is 0 Å². The Morgan fingerprint density at radius 1 is 0.900 bits per heavy atom. The van der Waals surface area contributed by atoms with Crippen LogP contribution in [0.2, 0.25) is 15.1 Å². The van der Waals surface area contributed by atoms with Gasteiger partial charge in [-0.3, -0.25) is 4.79 Å². The van der Waals surface area contributed by atoms with Gasteiger partial charge in [0.1, 0.15) is 0 Å². The van der Waals surface area contributed by atoms with E-state index in [0.29, 0.717) is 26.3 Å².